The number of amides is 1. The van der Waals surface area contributed by atoms with Crippen LogP contribution in [0.3, 0.4) is 0 Å². The number of hydrogen-bond acceptors (Lipinski definition) is 4. The number of benzene rings is 1. The number of H-pyrrole nitrogens is 1. The number of likely N-dealkylation sites (tertiary alicyclic amines) is 1. The molecule has 3 aromatic rings. The Morgan fingerprint density at radius 2 is 2.00 bits per heavy atom. The number of ether oxygens (including phenoxy) is 1. The lowest BCUT2D eigenvalue weighted by atomic mass is 10.0. The molecule has 1 atom stereocenters. The molecule has 3 heterocycles. The van der Waals surface area contributed by atoms with Crippen molar-refractivity contribution in [3.8, 4) is 11.1 Å². The Morgan fingerprint density at radius 1 is 1.21 bits per heavy atom. The van der Waals surface area contributed by atoms with Crippen molar-refractivity contribution in [2.75, 3.05) is 13.2 Å². The molecule has 4 rings (SSSR count). The first-order chi connectivity index (χ1) is 13.8. The summed E-state index contributed by atoms with van der Waals surface area (Å²) in [5.41, 5.74) is 4.85. The molecule has 0 spiro atoms. The number of aromatic amines is 1. The number of aromatic nitrogens is 3. The van der Waals surface area contributed by atoms with Crippen LogP contribution in [0.25, 0.3) is 11.1 Å². The van der Waals surface area contributed by atoms with E-state index in [1.165, 1.54) is 0 Å². The number of pyridine rings is 1. The molecular weight excluding hydrogens is 352 g/mol. The number of hydrogen-bond donors (Lipinski definition) is 1. The van der Waals surface area contributed by atoms with Crippen LogP contribution in [0.4, 0.5) is 0 Å². The van der Waals surface area contributed by atoms with E-state index in [0.717, 1.165) is 41.8 Å². The fraction of sp³-hybridized carbons (Fsp3) is 0.318. The number of nitrogens with one attached hydrogen (secondary N) is 1. The minimum Gasteiger partial charge on any atom is -0.377 e. The van der Waals surface area contributed by atoms with Gasteiger partial charge in [0.05, 0.1) is 24.5 Å². The van der Waals surface area contributed by atoms with Crippen LogP contribution in [0.5, 0.6) is 0 Å². The topological polar surface area (TPSA) is 71.1 Å². The summed E-state index contributed by atoms with van der Waals surface area (Å²) in [6.07, 6.45) is 7.28. The Morgan fingerprint density at radius 3 is 2.75 bits per heavy atom. The lowest BCUT2D eigenvalue weighted by Crippen LogP contribution is -2.31. The molecule has 1 saturated heterocycles. The van der Waals surface area contributed by atoms with Crippen LogP contribution in [0, 0.1) is 0 Å². The Hall–Kier alpha value is -2.99. The molecule has 6 heteroatoms. The zero-order valence-electron chi connectivity index (χ0n) is 16.0. The van der Waals surface area contributed by atoms with Gasteiger partial charge in [-0.1, -0.05) is 12.1 Å². The monoisotopic (exact) mass is 376 g/mol. The van der Waals surface area contributed by atoms with E-state index in [9.17, 15) is 4.79 Å². The second-order valence-corrected chi connectivity index (χ2v) is 6.92. The molecule has 1 aliphatic rings. The molecule has 0 aliphatic carbocycles. The average molecular weight is 376 g/mol. The maximum atomic E-state index is 13.2. The van der Waals surface area contributed by atoms with E-state index in [1.807, 2.05) is 54.4 Å². The first-order valence-electron chi connectivity index (χ1n) is 9.69. The molecule has 1 aromatic carbocycles. The van der Waals surface area contributed by atoms with E-state index in [1.54, 1.807) is 12.4 Å². The van der Waals surface area contributed by atoms with Gasteiger partial charge >= 0.3 is 0 Å². The summed E-state index contributed by atoms with van der Waals surface area (Å²) in [7, 11) is 0. The van der Waals surface area contributed by atoms with Crippen molar-refractivity contribution >= 4 is 5.91 Å². The van der Waals surface area contributed by atoms with Crippen molar-refractivity contribution in [3.05, 3.63) is 71.8 Å². The van der Waals surface area contributed by atoms with Gasteiger partial charge in [0.2, 0.25) is 0 Å². The minimum absolute atomic E-state index is 0.00117. The van der Waals surface area contributed by atoms with Crippen LogP contribution in [-0.4, -0.2) is 39.1 Å². The summed E-state index contributed by atoms with van der Waals surface area (Å²) in [6.45, 7) is 3.97. The predicted molar refractivity (Wildman–Crippen MR) is 107 cm³/mol. The van der Waals surface area contributed by atoms with Crippen LogP contribution in [0.1, 0.15) is 47.4 Å². The Bertz CT molecular complexity index is 921. The van der Waals surface area contributed by atoms with Crippen molar-refractivity contribution in [1.82, 2.24) is 20.1 Å². The lowest BCUT2D eigenvalue weighted by molar-refractivity contribution is 0.0733. The van der Waals surface area contributed by atoms with E-state index < -0.39 is 0 Å². The van der Waals surface area contributed by atoms with Gasteiger partial charge in [-0.2, -0.15) is 5.10 Å². The molecule has 0 saturated carbocycles. The highest BCUT2D eigenvalue weighted by Gasteiger charge is 2.33. The summed E-state index contributed by atoms with van der Waals surface area (Å²) >= 11 is 0. The number of nitrogens with zero attached hydrogens (tertiary/aromatic N) is 3. The van der Waals surface area contributed by atoms with Crippen molar-refractivity contribution in [2.24, 2.45) is 0 Å². The lowest BCUT2D eigenvalue weighted by Gasteiger charge is -2.25. The molecule has 144 valence electrons. The summed E-state index contributed by atoms with van der Waals surface area (Å²) in [4.78, 5) is 19.2. The fourth-order valence-electron chi connectivity index (χ4n) is 3.75. The number of carbonyl (C=O) groups excluding carboxylic acids is 1. The highest BCUT2D eigenvalue weighted by Crippen LogP contribution is 2.37. The molecular formula is C22H24N4O2. The van der Waals surface area contributed by atoms with Gasteiger partial charge in [0.1, 0.15) is 0 Å². The van der Waals surface area contributed by atoms with Crippen LogP contribution in [0.2, 0.25) is 0 Å². The van der Waals surface area contributed by atoms with E-state index in [0.29, 0.717) is 18.8 Å². The third-order valence-electron chi connectivity index (χ3n) is 5.18. The molecule has 1 N–H and O–H groups in total. The minimum atomic E-state index is 0.00117. The van der Waals surface area contributed by atoms with Gasteiger partial charge in [-0.05, 0) is 55.2 Å². The van der Waals surface area contributed by atoms with E-state index >= 15 is 0 Å². The molecule has 2 aromatic heterocycles. The molecule has 1 fully saturated rings. The first kappa shape index (κ1) is 18.4. The van der Waals surface area contributed by atoms with Crippen LogP contribution >= 0.6 is 0 Å². The maximum absolute atomic E-state index is 13.2. The van der Waals surface area contributed by atoms with Gasteiger partial charge in [-0.15, -0.1) is 0 Å². The Kier molecular flexibility index (Phi) is 5.48. The van der Waals surface area contributed by atoms with Gasteiger partial charge in [-0.25, -0.2) is 0 Å². The summed E-state index contributed by atoms with van der Waals surface area (Å²) in [5, 5.41) is 7.39. The Labute approximate surface area is 164 Å². The second kappa shape index (κ2) is 8.35. The molecule has 0 bridgehead atoms. The molecule has 28 heavy (non-hydrogen) atoms. The molecule has 1 amide bonds. The highest BCUT2D eigenvalue weighted by molar-refractivity contribution is 5.94. The van der Waals surface area contributed by atoms with Crippen LogP contribution in [-0.2, 0) is 11.3 Å². The van der Waals surface area contributed by atoms with Gasteiger partial charge in [0.15, 0.2) is 0 Å². The molecule has 6 nitrogen and oxygen atoms in total. The highest BCUT2D eigenvalue weighted by atomic mass is 16.5. The van der Waals surface area contributed by atoms with Gasteiger partial charge in [0.25, 0.3) is 5.91 Å². The van der Waals surface area contributed by atoms with Crippen molar-refractivity contribution in [3.63, 3.8) is 0 Å². The third kappa shape index (κ3) is 3.68. The van der Waals surface area contributed by atoms with E-state index in [4.69, 9.17) is 4.74 Å². The van der Waals surface area contributed by atoms with E-state index in [2.05, 4.69) is 15.2 Å². The second-order valence-electron chi connectivity index (χ2n) is 6.92. The van der Waals surface area contributed by atoms with Crippen LogP contribution in [0.15, 0.2) is 55.0 Å². The fourth-order valence-corrected chi connectivity index (χ4v) is 3.75. The summed E-state index contributed by atoms with van der Waals surface area (Å²) in [6, 6.07) is 11.6. The summed E-state index contributed by atoms with van der Waals surface area (Å²) in [5.74, 6) is 0.0562. The normalized spacial score (nSPS) is 16.5. The average Bonchev–Trinajstić information content (AvgIpc) is 3.42. The van der Waals surface area contributed by atoms with Crippen molar-refractivity contribution in [2.45, 2.75) is 32.4 Å². The first-order valence-corrected chi connectivity index (χ1v) is 9.69. The smallest absolute Gasteiger partial charge is 0.254 e. The largest absolute Gasteiger partial charge is 0.377 e. The van der Waals surface area contributed by atoms with Crippen molar-refractivity contribution in [1.29, 1.82) is 0 Å². The van der Waals surface area contributed by atoms with Gasteiger partial charge in [-0.3, -0.25) is 14.9 Å². The Balaban J connectivity index is 1.56. The van der Waals surface area contributed by atoms with Gasteiger partial charge < -0.3 is 9.64 Å². The van der Waals surface area contributed by atoms with E-state index in [-0.39, 0.29) is 11.9 Å². The molecule has 0 unspecified atom stereocenters. The number of rotatable bonds is 6. The van der Waals surface area contributed by atoms with Gasteiger partial charge in [0, 0.05) is 36.7 Å². The SMILES string of the molecule is CCOCc1ccc(C(=O)N2CCC[C@@H]2c2[nH]ncc2-c2ccncc2)cc1. The quantitative estimate of drug-likeness (QED) is 0.706. The third-order valence-corrected chi connectivity index (χ3v) is 5.18. The maximum Gasteiger partial charge on any atom is 0.254 e. The molecule has 1 aliphatic heterocycles. The zero-order chi connectivity index (χ0) is 19.3. The molecule has 0 radical (unpaired) electrons. The zero-order valence-corrected chi connectivity index (χ0v) is 16.0. The summed E-state index contributed by atoms with van der Waals surface area (Å²) < 4.78 is 5.43. The van der Waals surface area contributed by atoms with Crippen molar-refractivity contribution < 1.29 is 9.53 Å². The standard InChI is InChI=1S/C22H24N4O2/c1-2-28-15-16-5-7-18(8-6-16)22(27)26-13-3-4-20(26)21-19(14-24-25-21)17-9-11-23-12-10-17/h5-12,14,20H,2-4,13,15H2,1H3,(H,24,25)/t20-/m1/s1. The van der Waals surface area contributed by atoms with Crippen LogP contribution < -0.4 is 0 Å². The number of carbonyl (C=O) groups is 1. The predicted octanol–water partition coefficient (Wildman–Crippen LogP) is 3.99.